The predicted octanol–water partition coefficient (Wildman–Crippen LogP) is 5.67. The van der Waals surface area contributed by atoms with E-state index < -0.39 is 17.6 Å². The summed E-state index contributed by atoms with van der Waals surface area (Å²) in [7, 11) is 1.29. The van der Waals surface area contributed by atoms with E-state index in [0.29, 0.717) is 19.3 Å². The van der Waals surface area contributed by atoms with Gasteiger partial charge in [0, 0.05) is 0 Å². The zero-order valence-corrected chi connectivity index (χ0v) is 20.0. The number of hydrogen-bond donors (Lipinski definition) is 1. The number of methoxy groups -OCH3 is 1. The molecule has 0 radical (unpaired) electrons. The van der Waals surface area contributed by atoms with E-state index in [4.69, 9.17) is 14.2 Å². The molecule has 1 N–H and O–H groups in total. The number of alkyl carbamates (subject to hydrolysis) is 1. The van der Waals surface area contributed by atoms with Gasteiger partial charge in [0.15, 0.2) is 0 Å². The topological polar surface area (TPSA) is 73.9 Å². The number of unbranched alkanes of at least 4 members (excludes halogenated alkanes) is 4. The van der Waals surface area contributed by atoms with Crippen molar-refractivity contribution in [2.24, 2.45) is 5.92 Å². The van der Waals surface area contributed by atoms with Gasteiger partial charge in [-0.15, -0.1) is 0 Å². The van der Waals surface area contributed by atoms with E-state index in [9.17, 15) is 9.59 Å². The van der Waals surface area contributed by atoms with Crippen LogP contribution in [-0.4, -0.2) is 37.9 Å². The normalized spacial score (nSPS) is 12.8. The van der Waals surface area contributed by atoms with Gasteiger partial charge < -0.3 is 19.5 Å². The first-order valence-corrected chi connectivity index (χ1v) is 11.6. The van der Waals surface area contributed by atoms with Crippen LogP contribution in [0.2, 0.25) is 0 Å². The standard InChI is InChI=1S/C25H41NO5/c1-6-8-9-10-11-18-31-22-14-12-21(13-15-22)16-17-25(19-20(3)4,23(27)30-7-2)26-24(28)29-5/h12-15,20H,6-11,16-19H2,1-5H3,(H,26,28). The summed E-state index contributed by atoms with van der Waals surface area (Å²) >= 11 is 0. The van der Waals surface area contributed by atoms with Crippen molar-refractivity contribution in [2.75, 3.05) is 20.3 Å². The molecule has 0 fully saturated rings. The maximum absolute atomic E-state index is 12.8. The molecule has 0 aliphatic rings. The van der Waals surface area contributed by atoms with Gasteiger partial charge in [0.05, 0.1) is 20.3 Å². The van der Waals surface area contributed by atoms with Gasteiger partial charge in [-0.2, -0.15) is 0 Å². The first-order chi connectivity index (χ1) is 14.9. The molecule has 0 aromatic heterocycles. The van der Waals surface area contributed by atoms with E-state index >= 15 is 0 Å². The molecule has 0 spiro atoms. The van der Waals surface area contributed by atoms with Gasteiger partial charge >= 0.3 is 12.1 Å². The molecule has 1 atom stereocenters. The van der Waals surface area contributed by atoms with E-state index in [-0.39, 0.29) is 12.5 Å². The molecule has 31 heavy (non-hydrogen) atoms. The van der Waals surface area contributed by atoms with Gasteiger partial charge in [-0.3, -0.25) is 0 Å². The molecule has 0 bridgehead atoms. The SMILES string of the molecule is CCCCCCCOc1ccc(CCC(CC(C)C)(NC(=O)OC)C(=O)OCC)cc1. The lowest BCUT2D eigenvalue weighted by molar-refractivity contribution is -0.152. The van der Waals surface area contributed by atoms with Crippen molar-refractivity contribution in [1.29, 1.82) is 0 Å². The molecule has 0 saturated carbocycles. The smallest absolute Gasteiger partial charge is 0.407 e. The Kier molecular flexibility index (Phi) is 12.7. The lowest BCUT2D eigenvalue weighted by Gasteiger charge is -2.33. The van der Waals surface area contributed by atoms with Crippen LogP contribution >= 0.6 is 0 Å². The zero-order valence-electron chi connectivity index (χ0n) is 20.0. The molecule has 1 aromatic rings. The lowest BCUT2D eigenvalue weighted by Crippen LogP contribution is -2.56. The molecule has 6 nitrogen and oxygen atoms in total. The first kappa shape index (κ1) is 26.8. The number of ether oxygens (including phenoxy) is 3. The van der Waals surface area contributed by atoms with Crippen molar-refractivity contribution >= 4 is 12.1 Å². The van der Waals surface area contributed by atoms with Crippen molar-refractivity contribution in [3.63, 3.8) is 0 Å². The number of nitrogens with one attached hydrogen (secondary N) is 1. The fraction of sp³-hybridized carbons (Fsp3) is 0.680. The van der Waals surface area contributed by atoms with Crippen LogP contribution in [-0.2, 0) is 20.7 Å². The first-order valence-electron chi connectivity index (χ1n) is 11.6. The second kappa shape index (κ2) is 14.7. The molecule has 176 valence electrons. The molecule has 0 aliphatic carbocycles. The second-order valence-corrected chi connectivity index (χ2v) is 8.42. The number of amides is 1. The van der Waals surface area contributed by atoms with Gasteiger partial charge in [0.2, 0.25) is 0 Å². The molecular formula is C25H41NO5. The van der Waals surface area contributed by atoms with E-state index in [1.54, 1.807) is 6.92 Å². The van der Waals surface area contributed by atoms with E-state index in [1.807, 2.05) is 38.1 Å². The third-order valence-corrected chi connectivity index (χ3v) is 5.23. The molecule has 1 unspecified atom stereocenters. The van der Waals surface area contributed by atoms with Crippen molar-refractivity contribution in [1.82, 2.24) is 5.32 Å². The van der Waals surface area contributed by atoms with Crippen molar-refractivity contribution in [3.8, 4) is 5.75 Å². The van der Waals surface area contributed by atoms with Crippen molar-refractivity contribution in [3.05, 3.63) is 29.8 Å². The Morgan fingerprint density at radius 1 is 1.03 bits per heavy atom. The highest BCUT2D eigenvalue weighted by Gasteiger charge is 2.42. The van der Waals surface area contributed by atoms with Crippen LogP contribution in [0.25, 0.3) is 0 Å². The van der Waals surface area contributed by atoms with Crippen LogP contribution < -0.4 is 10.1 Å². The van der Waals surface area contributed by atoms with Gasteiger partial charge in [0.25, 0.3) is 0 Å². The summed E-state index contributed by atoms with van der Waals surface area (Å²) in [6.45, 7) is 8.99. The number of rotatable bonds is 15. The van der Waals surface area contributed by atoms with Gasteiger partial charge in [-0.1, -0.05) is 58.6 Å². The number of hydrogen-bond acceptors (Lipinski definition) is 5. The fourth-order valence-corrected chi connectivity index (χ4v) is 3.67. The molecule has 0 saturated heterocycles. The summed E-state index contributed by atoms with van der Waals surface area (Å²) in [6, 6.07) is 7.94. The van der Waals surface area contributed by atoms with Crippen molar-refractivity contribution in [2.45, 2.75) is 84.6 Å². The molecule has 1 rings (SSSR count). The predicted molar refractivity (Wildman–Crippen MR) is 123 cm³/mol. The maximum atomic E-state index is 12.8. The summed E-state index contributed by atoms with van der Waals surface area (Å²) in [5.41, 5.74) is -0.0512. The van der Waals surface area contributed by atoms with E-state index in [0.717, 1.165) is 24.3 Å². The Morgan fingerprint density at radius 2 is 1.71 bits per heavy atom. The summed E-state index contributed by atoms with van der Waals surface area (Å²) in [6.07, 6.45) is 6.94. The van der Waals surface area contributed by atoms with Crippen LogP contribution in [0.1, 0.15) is 78.2 Å². The summed E-state index contributed by atoms with van der Waals surface area (Å²) in [5, 5.41) is 2.77. The number of benzene rings is 1. The Hall–Kier alpha value is -2.24. The van der Waals surface area contributed by atoms with Crippen LogP contribution in [0.3, 0.4) is 0 Å². The van der Waals surface area contributed by atoms with E-state index in [1.165, 1.54) is 32.8 Å². The Balaban J connectivity index is 2.75. The van der Waals surface area contributed by atoms with Crippen LogP contribution in [0.4, 0.5) is 4.79 Å². The van der Waals surface area contributed by atoms with E-state index in [2.05, 4.69) is 12.2 Å². The van der Waals surface area contributed by atoms with Crippen LogP contribution in [0.15, 0.2) is 24.3 Å². The van der Waals surface area contributed by atoms with Gasteiger partial charge in [-0.25, -0.2) is 9.59 Å². The minimum atomic E-state index is -1.12. The quantitative estimate of drug-likeness (QED) is 0.284. The summed E-state index contributed by atoms with van der Waals surface area (Å²) in [5.74, 6) is 0.623. The second-order valence-electron chi connectivity index (χ2n) is 8.42. The van der Waals surface area contributed by atoms with Gasteiger partial charge in [0.1, 0.15) is 11.3 Å². The number of esters is 1. The zero-order chi connectivity index (χ0) is 23.1. The number of aryl methyl sites for hydroxylation is 1. The minimum Gasteiger partial charge on any atom is -0.494 e. The fourth-order valence-electron chi connectivity index (χ4n) is 3.67. The minimum absolute atomic E-state index is 0.190. The average molecular weight is 436 g/mol. The Labute approximate surface area is 188 Å². The highest BCUT2D eigenvalue weighted by Crippen LogP contribution is 2.26. The monoisotopic (exact) mass is 435 g/mol. The maximum Gasteiger partial charge on any atom is 0.407 e. The third kappa shape index (κ3) is 10.1. The molecule has 6 heteroatoms. The highest BCUT2D eigenvalue weighted by molar-refractivity contribution is 5.85. The van der Waals surface area contributed by atoms with Crippen molar-refractivity contribution < 1.29 is 23.8 Å². The van der Waals surface area contributed by atoms with Gasteiger partial charge in [-0.05, 0) is 56.2 Å². The Bertz CT molecular complexity index is 644. The largest absolute Gasteiger partial charge is 0.494 e. The summed E-state index contributed by atoms with van der Waals surface area (Å²) < 4.78 is 15.9. The van der Waals surface area contributed by atoms with Crippen LogP contribution in [0.5, 0.6) is 5.75 Å². The molecule has 1 aromatic carbocycles. The lowest BCUT2D eigenvalue weighted by atomic mass is 9.83. The Morgan fingerprint density at radius 3 is 2.29 bits per heavy atom. The molecule has 0 heterocycles. The summed E-state index contributed by atoms with van der Waals surface area (Å²) in [4.78, 5) is 24.8. The molecule has 0 aliphatic heterocycles. The van der Waals surface area contributed by atoms with Crippen LogP contribution in [0, 0.1) is 5.92 Å². The third-order valence-electron chi connectivity index (χ3n) is 5.23. The molecule has 1 amide bonds. The average Bonchev–Trinajstić information content (AvgIpc) is 2.75. The number of carbonyl (C=O) groups excluding carboxylic acids is 2. The highest BCUT2D eigenvalue weighted by atomic mass is 16.5. The number of carbonyl (C=O) groups is 2. The molecular weight excluding hydrogens is 394 g/mol.